The van der Waals surface area contributed by atoms with Crippen LogP contribution in [0.3, 0.4) is 0 Å². The molecule has 0 radical (unpaired) electrons. The Morgan fingerprint density at radius 2 is 0.463 bits per heavy atom. The first-order valence-corrected chi connectivity index (χ1v) is 18.3. The first kappa shape index (κ1) is 31.6. The number of benzene rings is 10. The molecule has 254 valence electrons. The van der Waals surface area contributed by atoms with Gasteiger partial charge in [-0.05, 0) is 101 Å². The molecule has 0 amide bonds. The Morgan fingerprint density at radius 1 is 0.204 bits per heavy atom. The summed E-state index contributed by atoms with van der Waals surface area (Å²) in [4.78, 5) is 0. The molecule has 10 aromatic rings. The maximum atomic E-state index is 12.4. The van der Waals surface area contributed by atoms with E-state index in [0.29, 0.717) is 11.1 Å². The second-order valence-corrected chi connectivity index (χ2v) is 13.8. The highest BCUT2D eigenvalue weighted by Gasteiger charge is 2.27. The Labute approximate surface area is 313 Å². The molecule has 0 atom stereocenters. The third-order valence-electron chi connectivity index (χ3n) is 10.8. The molecule has 0 heterocycles. The Kier molecular flexibility index (Phi) is 7.49. The minimum atomic E-state index is 0.102. The number of fused-ring (bicyclic) bond motifs is 4. The van der Waals surface area contributed by atoms with Gasteiger partial charge in [0.25, 0.3) is 0 Å². The molecule has 0 fully saturated rings. The second kappa shape index (κ2) is 12.8. The standard InChI is InChI=1S/C52H34O2/c53-43-31-29-41-45(33-17-5-1-6-18-33)37-25-13-15-27-39(37)47(35-21-9-3-10-22-35)49(41)51(43)52-44(54)32-30-42-46(34-19-7-2-8-20-34)38-26-14-16-28-40(38)48(50(42)52)36-23-11-4-12-24-36/h1-32,53-54H. The highest BCUT2D eigenvalue weighted by Crippen LogP contribution is 2.55. The molecule has 2 heteroatoms. The summed E-state index contributed by atoms with van der Waals surface area (Å²) in [6.07, 6.45) is 0. The van der Waals surface area contributed by atoms with Crippen LogP contribution < -0.4 is 0 Å². The van der Waals surface area contributed by atoms with Gasteiger partial charge < -0.3 is 10.2 Å². The molecule has 0 aliphatic rings. The molecule has 0 saturated carbocycles. The van der Waals surface area contributed by atoms with Crippen LogP contribution in [0.5, 0.6) is 11.5 Å². The summed E-state index contributed by atoms with van der Waals surface area (Å²) >= 11 is 0. The van der Waals surface area contributed by atoms with Gasteiger partial charge in [0.1, 0.15) is 11.5 Å². The van der Waals surface area contributed by atoms with Gasteiger partial charge in [-0.1, -0.05) is 170 Å². The van der Waals surface area contributed by atoms with Crippen molar-refractivity contribution >= 4 is 43.1 Å². The lowest BCUT2D eigenvalue weighted by molar-refractivity contribution is 0.470. The van der Waals surface area contributed by atoms with Crippen LogP contribution in [0.2, 0.25) is 0 Å². The van der Waals surface area contributed by atoms with Gasteiger partial charge in [-0.15, -0.1) is 0 Å². The van der Waals surface area contributed by atoms with E-state index in [2.05, 4.69) is 146 Å². The van der Waals surface area contributed by atoms with Crippen LogP contribution in [0, 0.1) is 0 Å². The van der Waals surface area contributed by atoms with Gasteiger partial charge in [-0.2, -0.15) is 0 Å². The van der Waals surface area contributed by atoms with Gasteiger partial charge in [0.15, 0.2) is 0 Å². The molecule has 0 aliphatic heterocycles. The van der Waals surface area contributed by atoms with Crippen LogP contribution in [-0.4, -0.2) is 10.2 Å². The van der Waals surface area contributed by atoms with Crippen LogP contribution in [-0.2, 0) is 0 Å². The van der Waals surface area contributed by atoms with Gasteiger partial charge in [-0.3, -0.25) is 0 Å². The van der Waals surface area contributed by atoms with E-state index >= 15 is 0 Å². The van der Waals surface area contributed by atoms with Crippen LogP contribution >= 0.6 is 0 Å². The molecular formula is C52H34O2. The van der Waals surface area contributed by atoms with Crippen molar-refractivity contribution in [2.45, 2.75) is 0 Å². The van der Waals surface area contributed by atoms with Crippen molar-refractivity contribution in [1.82, 2.24) is 0 Å². The monoisotopic (exact) mass is 690 g/mol. The third kappa shape index (κ3) is 4.88. The summed E-state index contributed by atoms with van der Waals surface area (Å²) in [5.41, 5.74) is 9.61. The van der Waals surface area contributed by atoms with Crippen LogP contribution in [0.25, 0.3) is 98.7 Å². The Hall–Kier alpha value is -7.16. The fourth-order valence-corrected chi connectivity index (χ4v) is 8.66. The van der Waals surface area contributed by atoms with Crippen molar-refractivity contribution in [2.75, 3.05) is 0 Å². The van der Waals surface area contributed by atoms with E-state index < -0.39 is 0 Å². The van der Waals surface area contributed by atoms with E-state index in [4.69, 9.17) is 0 Å². The predicted octanol–water partition coefficient (Wildman–Crippen LogP) is 14.0. The van der Waals surface area contributed by atoms with Crippen molar-refractivity contribution in [3.63, 3.8) is 0 Å². The Bertz CT molecular complexity index is 2810. The lowest BCUT2D eigenvalue weighted by atomic mass is 9.79. The van der Waals surface area contributed by atoms with Gasteiger partial charge in [0.05, 0.1) is 0 Å². The van der Waals surface area contributed by atoms with Gasteiger partial charge in [-0.25, -0.2) is 0 Å². The van der Waals surface area contributed by atoms with E-state index in [1.54, 1.807) is 12.1 Å². The van der Waals surface area contributed by atoms with Gasteiger partial charge in [0, 0.05) is 21.9 Å². The van der Waals surface area contributed by atoms with Gasteiger partial charge >= 0.3 is 0 Å². The zero-order valence-corrected chi connectivity index (χ0v) is 29.4. The van der Waals surface area contributed by atoms with Crippen molar-refractivity contribution in [2.24, 2.45) is 0 Å². The minimum Gasteiger partial charge on any atom is -0.507 e. The van der Waals surface area contributed by atoms with E-state index in [9.17, 15) is 10.2 Å². The zero-order chi connectivity index (χ0) is 36.2. The number of phenols is 2. The number of rotatable bonds is 5. The summed E-state index contributed by atoms with van der Waals surface area (Å²) in [6.45, 7) is 0. The molecular weight excluding hydrogens is 657 g/mol. The van der Waals surface area contributed by atoms with Crippen LogP contribution in [0.1, 0.15) is 0 Å². The molecule has 0 saturated heterocycles. The SMILES string of the molecule is Oc1ccc2c(-c3ccccc3)c3ccccc3c(-c3ccccc3)c2c1-c1c(O)ccc2c(-c3ccccc3)c3ccccc3c(-c3ccccc3)c12. The molecule has 0 aliphatic carbocycles. The number of aromatic hydroxyl groups is 2. The average molecular weight is 691 g/mol. The Balaban J connectivity index is 1.49. The molecule has 2 N–H and O–H groups in total. The lowest BCUT2D eigenvalue weighted by Crippen LogP contribution is -1.97. The van der Waals surface area contributed by atoms with Crippen molar-refractivity contribution in [1.29, 1.82) is 0 Å². The third-order valence-corrected chi connectivity index (χ3v) is 10.8. The van der Waals surface area contributed by atoms with Crippen LogP contribution in [0.4, 0.5) is 0 Å². The summed E-state index contributed by atoms with van der Waals surface area (Å²) in [6, 6.07) is 66.6. The summed E-state index contributed by atoms with van der Waals surface area (Å²) in [5, 5.41) is 32.9. The second-order valence-electron chi connectivity index (χ2n) is 13.8. The van der Waals surface area contributed by atoms with E-state index in [1.165, 1.54) is 0 Å². The first-order chi connectivity index (χ1) is 26.7. The van der Waals surface area contributed by atoms with E-state index in [0.717, 1.165) is 87.6 Å². The Morgan fingerprint density at radius 3 is 0.778 bits per heavy atom. The summed E-state index contributed by atoms with van der Waals surface area (Å²) < 4.78 is 0. The average Bonchev–Trinajstić information content (AvgIpc) is 3.23. The normalized spacial score (nSPS) is 11.5. The van der Waals surface area contributed by atoms with Crippen LogP contribution in [0.15, 0.2) is 194 Å². The maximum Gasteiger partial charge on any atom is 0.124 e. The predicted molar refractivity (Wildman–Crippen MR) is 227 cm³/mol. The molecule has 54 heavy (non-hydrogen) atoms. The quantitative estimate of drug-likeness (QED) is 0.177. The first-order valence-electron chi connectivity index (χ1n) is 18.3. The fourth-order valence-electron chi connectivity index (χ4n) is 8.66. The number of phenolic OH excluding ortho intramolecular Hbond substituents is 2. The van der Waals surface area contributed by atoms with Crippen molar-refractivity contribution in [3.8, 4) is 67.1 Å². The smallest absolute Gasteiger partial charge is 0.124 e. The fraction of sp³-hybridized carbons (Fsp3) is 0. The molecule has 0 bridgehead atoms. The van der Waals surface area contributed by atoms with Gasteiger partial charge in [0.2, 0.25) is 0 Å². The zero-order valence-electron chi connectivity index (χ0n) is 29.4. The molecule has 2 nitrogen and oxygen atoms in total. The van der Waals surface area contributed by atoms with E-state index in [1.807, 2.05) is 36.4 Å². The van der Waals surface area contributed by atoms with E-state index in [-0.39, 0.29) is 11.5 Å². The van der Waals surface area contributed by atoms with Crippen molar-refractivity contribution in [3.05, 3.63) is 194 Å². The molecule has 0 spiro atoms. The number of hydrogen-bond acceptors (Lipinski definition) is 2. The molecule has 10 aromatic carbocycles. The highest BCUT2D eigenvalue weighted by atomic mass is 16.3. The molecule has 0 aromatic heterocycles. The highest BCUT2D eigenvalue weighted by molar-refractivity contribution is 6.30. The lowest BCUT2D eigenvalue weighted by Gasteiger charge is -2.24. The number of hydrogen-bond donors (Lipinski definition) is 2. The largest absolute Gasteiger partial charge is 0.507 e. The summed E-state index contributed by atoms with van der Waals surface area (Å²) in [5.74, 6) is 0.204. The maximum absolute atomic E-state index is 12.4. The van der Waals surface area contributed by atoms with Crippen molar-refractivity contribution < 1.29 is 10.2 Å². The molecule has 10 rings (SSSR count). The topological polar surface area (TPSA) is 40.5 Å². The molecule has 0 unspecified atom stereocenters. The summed E-state index contributed by atoms with van der Waals surface area (Å²) in [7, 11) is 0. The minimum absolute atomic E-state index is 0.102.